The van der Waals surface area contributed by atoms with Crippen molar-refractivity contribution in [2.45, 2.75) is 37.8 Å². The summed E-state index contributed by atoms with van der Waals surface area (Å²) in [6.45, 7) is 5.25. The van der Waals surface area contributed by atoms with Crippen LogP contribution in [-0.2, 0) is 10.0 Å². The molecule has 0 aliphatic rings. The third-order valence-electron chi connectivity index (χ3n) is 3.42. The Balaban J connectivity index is 2.26. The topological polar surface area (TPSA) is 88.2 Å². The van der Waals surface area contributed by atoms with Crippen LogP contribution in [0, 0.1) is 0 Å². The van der Waals surface area contributed by atoms with Crippen molar-refractivity contribution in [2.24, 2.45) is 0 Å². The summed E-state index contributed by atoms with van der Waals surface area (Å²) in [6.07, 6.45) is 3.30. The van der Waals surface area contributed by atoms with Crippen LogP contribution in [0.3, 0.4) is 0 Å². The van der Waals surface area contributed by atoms with E-state index in [0.29, 0.717) is 0 Å². The molecule has 2 aromatic rings. The highest BCUT2D eigenvalue weighted by Gasteiger charge is 2.20. The van der Waals surface area contributed by atoms with Crippen molar-refractivity contribution < 1.29 is 13.2 Å². The van der Waals surface area contributed by atoms with E-state index >= 15 is 0 Å². The monoisotopic (exact) mass is 381 g/mol. The van der Waals surface area contributed by atoms with Gasteiger partial charge in [-0.3, -0.25) is 9.78 Å². The van der Waals surface area contributed by atoms with Gasteiger partial charge in [0.05, 0.1) is 21.5 Å². The van der Waals surface area contributed by atoms with Crippen molar-refractivity contribution in [3.63, 3.8) is 0 Å². The number of carbonyl (C=O) groups is 1. The van der Waals surface area contributed by atoms with Crippen molar-refractivity contribution in [1.29, 1.82) is 0 Å². The van der Waals surface area contributed by atoms with Gasteiger partial charge in [0.25, 0.3) is 5.91 Å². The Hall–Kier alpha value is -1.96. The molecule has 2 N–H and O–H groups in total. The number of amides is 1. The van der Waals surface area contributed by atoms with Crippen LogP contribution in [0.4, 0.5) is 0 Å². The number of nitrogens with one attached hydrogen (secondary N) is 2. The van der Waals surface area contributed by atoms with Crippen LogP contribution in [0.15, 0.2) is 47.6 Å². The molecule has 25 heavy (non-hydrogen) atoms. The molecule has 0 saturated carbocycles. The molecule has 8 heteroatoms. The smallest absolute Gasteiger partial charge is 0.253 e. The Morgan fingerprint density at radius 3 is 2.52 bits per heavy atom. The first-order chi connectivity index (χ1) is 11.7. The first kappa shape index (κ1) is 19.4. The van der Waals surface area contributed by atoms with E-state index in [2.05, 4.69) is 15.0 Å². The highest BCUT2D eigenvalue weighted by molar-refractivity contribution is 7.89. The van der Waals surface area contributed by atoms with Gasteiger partial charge in [-0.25, -0.2) is 13.1 Å². The molecule has 0 saturated heterocycles. The summed E-state index contributed by atoms with van der Waals surface area (Å²) in [5, 5.41) is 2.97. The predicted molar refractivity (Wildman–Crippen MR) is 97.0 cm³/mol. The van der Waals surface area contributed by atoms with Gasteiger partial charge >= 0.3 is 0 Å². The summed E-state index contributed by atoms with van der Waals surface area (Å²) in [5.41, 5.74) is 0.932. The maximum Gasteiger partial charge on any atom is 0.253 e. The number of sulfonamides is 1. The van der Waals surface area contributed by atoms with Crippen LogP contribution in [0.25, 0.3) is 0 Å². The van der Waals surface area contributed by atoms with Gasteiger partial charge in [0.2, 0.25) is 10.0 Å². The van der Waals surface area contributed by atoms with Crippen molar-refractivity contribution in [3.8, 4) is 0 Å². The molecule has 0 aliphatic carbocycles. The molecule has 134 valence electrons. The van der Waals surface area contributed by atoms with E-state index in [9.17, 15) is 13.2 Å². The van der Waals surface area contributed by atoms with Crippen LogP contribution in [0.2, 0.25) is 5.02 Å². The van der Waals surface area contributed by atoms with Crippen LogP contribution in [0.5, 0.6) is 0 Å². The third kappa shape index (κ3) is 5.01. The van der Waals surface area contributed by atoms with Gasteiger partial charge in [0.15, 0.2) is 0 Å². The molecular weight excluding hydrogens is 362 g/mol. The number of halogens is 1. The number of hydrogen-bond acceptors (Lipinski definition) is 4. The Morgan fingerprint density at radius 2 is 1.92 bits per heavy atom. The summed E-state index contributed by atoms with van der Waals surface area (Å²) >= 11 is 6.09. The summed E-state index contributed by atoms with van der Waals surface area (Å²) in [4.78, 5) is 16.5. The average molecular weight is 382 g/mol. The van der Waals surface area contributed by atoms with Crippen LogP contribution in [0.1, 0.15) is 42.7 Å². The lowest BCUT2D eigenvalue weighted by molar-refractivity contribution is 0.0940. The summed E-state index contributed by atoms with van der Waals surface area (Å²) in [6, 6.07) is 7.10. The molecule has 0 spiro atoms. The molecule has 1 aromatic carbocycles. The van der Waals surface area contributed by atoms with E-state index in [1.165, 1.54) is 18.2 Å². The fourth-order valence-electron chi connectivity index (χ4n) is 2.21. The van der Waals surface area contributed by atoms with E-state index in [4.69, 9.17) is 11.6 Å². The van der Waals surface area contributed by atoms with Crippen molar-refractivity contribution >= 4 is 27.5 Å². The Labute approximate surface area is 152 Å². The number of nitrogens with zero attached hydrogens (tertiary/aromatic N) is 1. The second-order valence-electron chi connectivity index (χ2n) is 5.90. The quantitative estimate of drug-likeness (QED) is 0.805. The minimum atomic E-state index is -3.71. The maximum atomic E-state index is 12.5. The number of pyridine rings is 1. The number of benzene rings is 1. The fourth-order valence-corrected chi connectivity index (χ4v) is 3.69. The summed E-state index contributed by atoms with van der Waals surface area (Å²) in [5.74, 6) is -0.456. The SMILES string of the molecule is CC(C)NS(=O)(=O)c1ccc(Cl)c(C(=O)NC(C)c2cccnc2)c1. The minimum absolute atomic E-state index is 0.00946. The molecule has 0 radical (unpaired) electrons. The molecule has 2 rings (SSSR count). The Morgan fingerprint density at radius 1 is 1.20 bits per heavy atom. The zero-order valence-corrected chi connectivity index (χ0v) is 15.7. The molecule has 0 bridgehead atoms. The first-order valence-electron chi connectivity index (χ1n) is 7.73. The highest BCUT2D eigenvalue weighted by atomic mass is 35.5. The highest BCUT2D eigenvalue weighted by Crippen LogP contribution is 2.22. The molecule has 6 nitrogen and oxygen atoms in total. The van der Waals surface area contributed by atoms with Gasteiger partial charge in [-0.1, -0.05) is 17.7 Å². The first-order valence-corrected chi connectivity index (χ1v) is 9.59. The van der Waals surface area contributed by atoms with Gasteiger partial charge in [-0.05, 0) is 50.6 Å². The number of carbonyl (C=O) groups excluding carboxylic acids is 1. The molecule has 1 atom stereocenters. The van der Waals surface area contributed by atoms with Gasteiger partial charge in [0, 0.05) is 18.4 Å². The normalized spacial score (nSPS) is 12.8. The average Bonchev–Trinajstić information content (AvgIpc) is 2.54. The largest absolute Gasteiger partial charge is 0.345 e. The van der Waals surface area contributed by atoms with Crippen LogP contribution < -0.4 is 10.0 Å². The molecular formula is C17H20ClN3O3S. The Kier molecular flexibility index (Phi) is 6.16. The lowest BCUT2D eigenvalue weighted by Gasteiger charge is -2.15. The zero-order valence-electron chi connectivity index (χ0n) is 14.2. The van der Waals surface area contributed by atoms with Crippen molar-refractivity contribution in [1.82, 2.24) is 15.0 Å². The lowest BCUT2D eigenvalue weighted by atomic mass is 10.1. The van der Waals surface area contributed by atoms with E-state index in [1.54, 1.807) is 32.3 Å². The van der Waals surface area contributed by atoms with E-state index < -0.39 is 15.9 Å². The number of aromatic nitrogens is 1. The third-order valence-corrected chi connectivity index (χ3v) is 5.40. The molecule has 1 amide bonds. The second-order valence-corrected chi connectivity index (χ2v) is 8.02. The number of hydrogen-bond donors (Lipinski definition) is 2. The van der Waals surface area contributed by atoms with Crippen molar-refractivity contribution in [3.05, 3.63) is 58.9 Å². The van der Waals surface area contributed by atoms with Gasteiger partial charge < -0.3 is 5.32 Å². The van der Waals surface area contributed by atoms with Crippen LogP contribution >= 0.6 is 11.6 Å². The van der Waals surface area contributed by atoms with E-state index in [0.717, 1.165) is 5.56 Å². The fraction of sp³-hybridized carbons (Fsp3) is 0.294. The maximum absolute atomic E-state index is 12.5. The van der Waals surface area contributed by atoms with Crippen LogP contribution in [-0.4, -0.2) is 25.4 Å². The second kappa shape index (κ2) is 7.95. The number of rotatable bonds is 6. The zero-order chi connectivity index (χ0) is 18.6. The van der Waals surface area contributed by atoms with E-state index in [-0.39, 0.29) is 27.6 Å². The predicted octanol–water partition coefficient (Wildman–Crippen LogP) is 2.91. The Bertz CT molecular complexity index is 855. The summed E-state index contributed by atoms with van der Waals surface area (Å²) in [7, 11) is -3.71. The molecule has 1 unspecified atom stereocenters. The summed E-state index contributed by atoms with van der Waals surface area (Å²) < 4.78 is 27.0. The molecule has 0 fully saturated rings. The standard InChI is InChI=1S/C17H20ClN3O3S/c1-11(2)21-25(23,24)14-6-7-16(18)15(9-14)17(22)20-12(3)13-5-4-8-19-10-13/h4-12,21H,1-3H3,(H,20,22). The van der Waals surface area contributed by atoms with E-state index in [1.807, 2.05) is 13.0 Å². The van der Waals surface area contributed by atoms with Gasteiger partial charge in [0.1, 0.15) is 0 Å². The molecule has 0 aliphatic heterocycles. The molecule has 1 heterocycles. The van der Waals surface area contributed by atoms with Gasteiger partial charge in [-0.15, -0.1) is 0 Å². The van der Waals surface area contributed by atoms with Crippen molar-refractivity contribution in [2.75, 3.05) is 0 Å². The molecule has 1 aromatic heterocycles. The lowest BCUT2D eigenvalue weighted by Crippen LogP contribution is -2.31. The van der Waals surface area contributed by atoms with Gasteiger partial charge in [-0.2, -0.15) is 0 Å². The minimum Gasteiger partial charge on any atom is -0.345 e.